The molecular formula is C24H26F4N4. The molecule has 0 saturated heterocycles. The molecule has 0 bridgehead atoms. The number of allylic oxidation sites excluding steroid dienone is 1. The van der Waals surface area contributed by atoms with Crippen molar-refractivity contribution in [3.63, 3.8) is 0 Å². The van der Waals surface area contributed by atoms with Crippen LogP contribution in [-0.2, 0) is 12.5 Å². The summed E-state index contributed by atoms with van der Waals surface area (Å²) in [6.07, 6.45) is 3.57. The Morgan fingerprint density at radius 2 is 1.91 bits per heavy atom. The molecule has 2 aromatic rings. The monoisotopic (exact) mass is 446 g/mol. The summed E-state index contributed by atoms with van der Waals surface area (Å²) in [5.41, 5.74) is -0.528. The van der Waals surface area contributed by atoms with Crippen molar-refractivity contribution in [2.75, 3.05) is 5.32 Å². The first-order valence-corrected chi connectivity index (χ1v) is 10.6. The first kappa shape index (κ1) is 22.3. The Kier molecular flexibility index (Phi) is 5.30. The molecule has 1 aliphatic heterocycles. The Hall–Kier alpha value is -2.90. The summed E-state index contributed by atoms with van der Waals surface area (Å²) in [6.45, 7) is 10.1. The van der Waals surface area contributed by atoms with E-state index in [0.29, 0.717) is 16.9 Å². The largest absolute Gasteiger partial charge is 0.365 e. The Labute approximate surface area is 184 Å². The van der Waals surface area contributed by atoms with Crippen LogP contribution in [0.15, 0.2) is 30.5 Å². The van der Waals surface area contributed by atoms with Crippen molar-refractivity contribution < 1.29 is 17.6 Å². The molecule has 1 fully saturated rings. The predicted octanol–water partition coefficient (Wildman–Crippen LogP) is 4.48. The highest BCUT2D eigenvalue weighted by Gasteiger charge is 2.45. The summed E-state index contributed by atoms with van der Waals surface area (Å²) in [5.74, 6) is -5.20. The van der Waals surface area contributed by atoms with E-state index in [0.717, 1.165) is 18.9 Å². The van der Waals surface area contributed by atoms with Gasteiger partial charge in [0.25, 0.3) is 5.92 Å². The third-order valence-electron chi connectivity index (χ3n) is 6.23. The van der Waals surface area contributed by atoms with Crippen LogP contribution in [0.3, 0.4) is 0 Å². The average molecular weight is 446 g/mol. The maximum atomic E-state index is 15.1. The molecule has 32 heavy (non-hydrogen) atoms. The molecule has 1 N–H and O–H groups in total. The lowest BCUT2D eigenvalue weighted by molar-refractivity contribution is -0.0544. The van der Waals surface area contributed by atoms with Gasteiger partial charge in [-0.3, -0.25) is 0 Å². The van der Waals surface area contributed by atoms with Crippen LogP contribution in [0.1, 0.15) is 50.6 Å². The van der Waals surface area contributed by atoms with Gasteiger partial charge in [-0.25, -0.2) is 27.5 Å². The molecule has 170 valence electrons. The van der Waals surface area contributed by atoms with Crippen LogP contribution in [0, 0.1) is 18.7 Å². The number of benzene rings is 1. The van der Waals surface area contributed by atoms with Gasteiger partial charge in [0, 0.05) is 29.8 Å². The summed E-state index contributed by atoms with van der Waals surface area (Å²) in [4.78, 5) is 10.4. The fourth-order valence-corrected chi connectivity index (χ4v) is 3.82. The van der Waals surface area contributed by atoms with E-state index in [-0.39, 0.29) is 28.7 Å². The van der Waals surface area contributed by atoms with Crippen LogP contribution in [0.2, 0.25) is 0 Å². The topological polar surface area (TPSA) is 41.1 Å². The number of aromatic nitrogens is 2. The van der Waals surface area contributed by atoms with Gasteiger partial charge >= 0.3 is 0 Å². The standard InChI is InChI=1S/C24H26F4N4/c1-13(2)24(27,28)18-8-6-7-16(20(18)26)11-29-22-17-12-32(23(5)9-10-23)14(3)19(25)21(17)30-15(4)31-22/h6-8,12-13H,3,9-11H2,1-2,4-5H3,(H,29,30,31). The SMILES string of the molecule is C=C1C(F)=c2nc(C)nc(NCc3cccc(C(F)(F)C(C)C)c3F)c2=CN1C1(C)CC1. The second-order valence-corrected chi connectivity index (χ2v) is 9.05. The molecular weight excluding hydrogens is 420 g/mol. The van der Waals surface area contributed by atoms with Gasteiger partial charge in [0.15, 0.2) is 5.83 Å². The Morgan fingerprint density at radius 3 is 2.53 bits per heavy atom. The molecule has 8 heteroatoms. The quantitative estimate of drug-likeness (QED) is 0.665. The van der Waals surface area contributed by atoms with Crippen molar-refractivity contribution >= 4 is 17.8 Å². The van der Waals surface area contributed by atoms with Crippen LogP contribution in [0.25, 0.3) is 12.0 Å². The third kappa shape index (κ3) is 3.65. The maximum absolute atomic E-state index is 15.1. The number of fused-ring (bicyclic) bond motifs is 1. The normalized spacial score (nSPS) is 17.3. The molecule has 0 spiro atoms. The minimum Gasteiger partial charge on any atom is -0.365 e. The van der Waals surface area contributed by atoms with Gasteiger partial charge in [0.2, 0.25) is 0 Å². The van der Waals surface area contributed by atoms with Gasteiger partial charge in [0.05, 0.1) is 16.5 Å². The average Bonchev–Trinajstić information content (AvgIpc) is 3.47. The molecule has 0 radical (unpaired) electrons. The van der Waals surface area contributed by atoms with Crippen molar-refractivity contribution in [3.05, 3.63) is 63.8 Å². The van der Waals surface area contributed by atoms with Gasteiger partial charge in [-0.05, 0) is 26.7 Å². The number of anilines is 1. The fraction of sp³-hybridized carbons (Fsp3) is 0.417. The number of nitrogens with one attached hydrogen (secondary N) is 1. The van der Waals surface area contributed by atoms with Crippen molar-refractivity contribution in [1.29, 1.82) is 0 Å². The van der Waals surface area contributed by atoms with Gasteiger partial charge in [-0.2, -0.15) is 0 Å². The second-order valence-electron chi connectivity index (χ2n) is 9.05. The number of aryl methyl sites for hydroxylation is 1. The number of alkyl halides is 2. The number of nitrogens with zero attached hydrogens (tertiary/aromatic N) is 3. The zero-order chi connectivity index (χ0) is 23.4. The number of halogens is 4. The van der Waals surface area contributed by atoms with Crippen LogP contribution in [0.4, 0.5) is 23.4 Å². The summed E-state index contributed by atoms with van der Waals surface area (Å²) in [5, 5.41) is 3.55. The lowest BCUT2D eigenvalue weighted by Crippen LogP contribution is -2.44. The second kappa shape index (κ2) is 7.60. The van der Waals surface area contributed by atoms with Crippen molar-refractivity contribution in [2.45, 2.75) is 58.5 Å². The fourth-order valence-electron chi connectivity index (χ4n) is 3.82. The summed E-state index contributed by atoms with van der Waals surface area (Å²) in [6, 6.07) is 3.96. The molecule has 4 rings (SSSR count). The third-order valence-corrected chi connectivity index (χ3v) is 6.23. The molecule has 1 aliphatic carbocycles. The summed E-state index contributed by atoms with van der Waals surface area (Å²) < 4.78 is 59.0. The predicted molar refractivity (Wildman–Crippen MR) is 116 cm³/mol. The number of hydrogen-bond donors (Lipinski definition) is 1. The molecule has 1 aromatic heterocycles. The first-order valence-electron chi connectivity index (χ1n) is 10.6. The van der Waals surface area contributed by atoms with Crippen LogP contribution < -0.4 is 15.9 Å². The highest BCUT2D eigenvalue weighted by Crippen LogP contribution is 2.45. The van der Waals surface area contributed by atoms with Crippen LogP contribution in [-0.4, -0.2) is 20.4 Å². The van der Waals surface area contributed by atoms with E-state index in [1.54, 1.807) is 18.0 Å². The molecule has 1 aromatic carbocycles. The van der Waals surface area contributed by atoms with Crippen molar-refractivity contribution in [2.24, 2.45) is 5.92 Å². The van der Waals surface area contributed by atoms with Crippen LogP contribution in [0.5, 0.6) is 0 Å². The van der Waals surface area contributed by atoms with Crippen molar-refractivity contribution in [1.82, 2.24) is 14.9 Å². The van der Waals surface area contributed by atoms with E-state index in [9.17, 15) is 13.2 Å². The minimum absolute atomic E-state index is 0.0727. The molecule has 1 saturated carbocycles. The van der Waals surface area contributed by atoms with E-state index in [4.69, 9.17) is 0 Å². The highest BCUT2D eigenvalue weighted by molar-refractivity contribution is 5.63. The minimum atomic E-state index is -3.29. The van der Waals surface area contributed by atoms with Crippen LogP contribution >= 0.6 is 0 Å². The van der Waals surface area contributed by atoms with Gasteiger partial charge in [-0.15, -0.1) is 0 Å². The Morgan fingerprint density at radius 1 is 1.22 bits per heavy atom. The van der Waals surface area contributed by atoms with E-state index in [1.807, 2.05) is 6.92 Å². The first-order chi connectivity index (χ1) is 15.0. The highest BCUT2D eigenvalue weighted by atomic mass is 19.3. The number of rotatable bonds is 6. The van der Waals surface area contributed by atoms with E-state index in [1.165, 1.54) is 26.0 Å². The zero-order valence-corrected chi connectivity index (χ0v) is 18.6. The van der Waals surface area contributed by atoms with E-state index < -0.39 is 29.0 Å². The zero-order valence-electron chi connectivity index (χ0n) is 18.6. The van der Waals surface area contributed by atoms with Crippen molar-refractivity contribution in [3.8, 4) is 0 Å². The molecule has 0 atom stereocenters. The lowest BCUT2D eigenvalue weighted by Gasteiger charge is -2.31. The van der Waals surface area contributed by atoms with E-state index in [2.05, 4.69) is 21.9 Å². The lowest BCUT2D eigenvalue weighted by atomic mass is 9.95. The summed E-state index contributed by atoms with van der Waals surface area (Å²) >= 11 is 0. The molecule has 0 amide bonds. The Balaban J connectivity index is 1.73. The molecule has 0 unspecified atom stereocenters. The summed E-state index contributed by atoms with van der Waals surface area (Å²) in [7, 11) is 0. The van der Waals surface area contributed by atoms with Gasteiger partial charge in [-0.1, -0.05) is 38.6 Å². The van der Waals surface area contributed by atoms with Gasteiger partial charge in [0.1, 0.15) is 22.8 Å². The Bertz CT molecular complexity index is 1220. The maximum Gasteiger partial charge on any atom is 0.278 e. The van der Waals surface area contributed by atoms with E-state index >= 15 is 4.39 Å². The number of hydrogen-bond acceptors (Lipinski definition) is 4. The smallest absolute Gasteiger partial charge is 0.278 e. The van der Waals surface area contributed by atoms with Gasteiger partial charge < -0.3 is 10.2 Å². The molecule has 2 heterocycles. The molecule has 4 nitrogen and oxygen atoms in total. The molecule has 2 aliphatic rings.